The van der Waals surface area contributed by atoms with Gasteiger partial charge in [-0.05, 0) is 22.3 Å². The Kier molecular flexibility index (Phi) is 6.19. The summed E-state index contributed by atoms with van der Waals surface area (Å²) in [5, 5.41) is 6.41. The van der Waals surface area contributed by atoms with E-state index in [0.717, 1.165) is 30.5 Å². The highest BCUT2D eigenvalue weighted by Crippen LogP contribution is 2.14. The molecule has 0 aliphatic carbocycles. The fraction of sp³-hybridized carbons (Fsp3) is 0.190. The highest BCUT2D eigenvalue weighted by Gasteiger charge is 2.09. The first-order valence-corrected chi connectivity index (χ1v) is 8.69. The Balaban J connectivity index is 1.57. The van der Waals surface area contributed by atoms with Crippen molar-refractivity contribution < 1.29 is 4.79 Å². The van der Waals surface area contributed by atoms with Crippen LogP contribution in [-0.2, 0) is 31.0 Å². The number of hydrogen-bond acceptors (Lipinski definition) is 5. The molecule has 0 spiro atoms. The van der Waals surface area contributed by atoms with Crippen molar-refractivity contribution in [1.29, 1.82) is 0 Å². The van der Waals surface area contributed by atoms with E-state index in [1.54, 1.807) is 6.20 Å². The maximum atomic E-state index is 11.1. The molecule has 2 aromatic carbocycles. The lowest BCUT2D eigenvalue weighted by Crippen LogP contribution is -2.23. The molecule has 0 saturated carbocycles. The van der Waals surface area contributed by atoms with E-state index in [-0.39, 0.29) is 0 Å². The van der Waals surface area contributed by atoms with Crippen LogP contribution in [-0.4, -0.2) is 11.2 Å². The topological polar surface area (TPSA) is 70.4 Å². The van der Waals surface area contributed by atoms with Gasteiger partial charge < -0.3 is 21.3 Å². The second-order valence-corrected chi connectivity index (χ2v) is 6.24. The van der Waals surface area contributed by atoms with Gasteiger partial charge in [-0.15, -0.1) is 0 Å². The average molecular weight is 348 g/mol. The van der Waals surface area contributed by atoms with Gasteiger partial charge in [0.2, 0.25) is 0 Å². The summed E-state index contributed by atoms with van der Waals surface area (Å²) < 4.78 is 0. The Hall–Kier alpha value is -2.89. The molecular weight excluding hydrogens is 324 g/mol. The molecule has 4 N–H and O–H groups in total. The summed E-state index contributed by atoms with van der Waals surface area (Å²) in [6.45, 7) is 2.81. The number of nitrogens with two attached hydrogens (primary N) is 1. The van der Waals surface area contributed by atoms with Gasteiger partial charge in [-0.25, -0.2) is 0 Å². The molecule has 5 heteroatoms. The first kappa shape index (κ1) is 17.9. The highest BCUT2D eigenvalue weighted by molar-refractivity contribution is 5.72. The van der Waals surface area contributed by atoms with Crippen molar-refractivity contribution in [1.82, 2.24) is 15.5 Å². The Morgan fingerprint density at radius 2 is 1.65 bits per heavy atom. The fourth-order valence-electron chi connectivity index (χ4n) is 2.93. The van der Waals surface area contributed by atoms with Crippen LogP contribution < -0.4 is 16.4 Å². The summed E-state index contributed by atoms with van der Waals surface area (Å²) in [6.07, 6.45) is 6.25. The molecule has 0 amide bonds. The minimum absolute atomic E-state index is 0.563. The molecule has 1 aliphatic heterocycles. The maximum Gasteiger partial charge on any atom is 0.167 e. The predicted octanol–water partition coefficient (Wildman–Crippen LogP) is 2.35. The quantitative estimate of drug-likeness (QED) is 0.639. The van der Waals surface area contributed by atoms with Gasteiger partial charge in [0.1, 0.15) is 0 Å². The number of nitrogens with zero attached hydrogens (tertiary/aromatic N) is 1. The predicted molar refractivity (Wildman–Crippen MR) is 103 cm³/mol. The van der Waals surface area contributed by atoms with Crippen LogP contribution in [0.5, 0.6) is 0 Å². The SMILES string of the molecule is NCc1cccc(CNCc2cccc(CN3C=CNC=C3C=O)c2)c1. The number of carbonyl (C=O) groups excluding carboxylic acids is 1. The second kappa shape index (κ2) is 8.99. The van der Waals surface area contributed by atoms with Crippen molar-refractivity contribution in [2.75, 3.05) is 0 Å². The van der Waals surface area contributed by atoms with Crippen LogP contribution in [0.1, 0.15) is 22.3 Å². The van der Waals surface area contributed by atoms with E-state index in [9.17, 15) is 4.79 Å². The van der Waals surface area contributed by atoms with Gasteiger partial charge in [0.15, 0.2) is 6.29 Å². The molecule has 0 fully saturated rings. The Morgan fingerprint density at radius 3 is 2.35 bits per heavy atom. The lowest BCUT2D eigenvalue weighted by atomic mass is 10.1. The van der Waals surface area contributed by atoms with Gasteiger partial charge in [0, 0.05) is 44.8 Å². The molecule has 2 aromatic rings. The molecule has 0 radical (unpaired) electrons. The summed E-state index contributed by atoms with van der Waals surface area (Å²) in [4.78, 5) is 13.1. The summed E-state index contributed by atoms with van der Waals surface area (Å²) in [5.74, 6) is 0. The number of carbonyl (C=O) groups is 1. The largest absolute Gasteiger partial charge is 0.365 e. The first-order valence-electron chi connectivity index (χ1n) is 8.69. The van der Waals surface area contributed by atoms with Crippen LogP contribution in [0.15, 0.2) is 72.8 Å². The Labute approximate surface area is 154 Å². The number of benzene rings is 2. The fourth-order valence-corrected chi connectivity index (χ4v) is 2.93. The van der Waals surface area contributed by atoms with Gasteiger partial charge in [0.25, 0.3) is 0 Å². The van der Waals surface area contributed by atoms with Gasteiger partial charge >= 0.3 is 0 Å². The summed E-state index contributed by atoms with van der Waals surface area (Å²) in [7, 11) is 0. The minimum atomic E-state index is 0.563. The highest BCUT2D eigenvalue weighted by atomic mass is 16.1. The zero-order valence-electron chi connectivity index (χ0n) is 14.7. The normalized spacial score (nSPS) is 13.3. The molecule has 134 valence electrons. The van der Waals surface area contributed by atoms with Crippen LogP contribution in [0.3, 0.4) is 0 Å². The van der Waals surface area contributed by atoms with Crippen LogP contribution in [0.2, 0.25) is 0 Å². The van der Waals surface area contributed by atoms with Gasteiger partial charge in [-0.2, -0.15) is 0 Å². The molecule has 5 nitrogen and oxygen atoms in total. The lowest BCUT2D eigenvalue weighted by molar-refractivity contribution is -0.106. The average Bonchev–Trinajstić information content (AvgIpc) is 2.69. The summed E-state index contributed by atoms with van der Waals surface area (Å²) >= 11 is 0. The molecule has 3 rings (SSSR count). The number of allylic oxidation sites excluding steroid dienone is 1. The van der Waals surface area contributed by atoms with Crippen molar-refractivity contribution in [3.8, 4) is 0 Å². The standard InChI is InChI=1S/C21H24N4O/c22-11-17-3-1-4-18(9-17)12-24-13-19-5-2-6-20(10-19)15-25-8-7-23-14-21(25)16-26/h1-10,14,16,23-24H,11-13,15,22H2. The van der Waals surface area contributed by atoms with Crippen molar-refractivity contribution in [2.45, 2.75) is 26.2 Å². The van der Waals surface area contributed by atoms with Crippen LogP contribution in [0, 0.1) is 0 Å². The number of nitrogens with one attached hydrogen (secondary N) is 2. The molecule has 0 unspecified atom stereocenters. The minimum Gasteiger partial charge on any atom is -0.365 e. The van der Waals surface area contributed by atoms with Crippen molar-refractivity contribution in [2.24, 2.45) is 5.73 Å². The third-order valence-electron chi connectivity index (χ3n) is 4.26. The smallest absolute Gasteiger partial charge is 0.167 e. The van der Waals surface area contributed by atoms with Gasteiger partial charge in [-0.3, -0.25) is 4.79 Å². The zero-order valence-corrected chi connectivity index (χ0v) is 14.7. The van der Waals surface area contributed by atoms with E-state index >= 15 is 0 Å². The molecular formula is C21H24N4O. The second-order valence-electron chi connectivity index (χ2n) is 6.24. The molecule has 1 aliphatic rings. The third-order valence-corrected chi connectivity index (χ3v) is 4.26. The summed E-state index contributed by atoms with van der Waals surface area (Å²) in [6, 6.07) is 16.7. The zero-order chi connectivity index (χ0) is 18.2. The molecule has 0 bridgehead atoms. The first-order chi connectivity index (χ1) is 12.8. The van der Waals surface area contributed by atoms with Crippen LogP contribution in [0.25, 0.3) is 0 Å². The van der Waals surface area contributed by atoms with Crippen molar-refractivity contribution in [3.63, 3.8) is 0 Å². The van der Waals surface area contributed by atoms with Crippen molar-refractivity contribution in [3.05, 3.63) is 95.1 Å². The van der Waals surface area contributed by atoms with E-state index in [1.165, 1.54) is 11.1 Å². The lowest BCUT2D eigenvalue weighted by Gasteiger charge is -2.23. The van der Waals surface area contributed by atoms with Crippen molar-refractivity contribution >= 4 is 6.29 Å². The Morgan fingerprint density at radius 1 is 1.00 bits per heavy atom. The van der Waals surface area contributed by atoms with E-state index in [1.807, 2.05) is 29.4 Å². The number of hydrogen-bond donors (Lipinski definition) is 3. The number of rotatable bonds is 8. The number of aldehydes is 1. The van der Waals surface area contributed by atoms with E-state index in [4.69, 9.17) is 5.73 Å². The molecule has 0 aromatic heterocycles. The van der Waals surface area contributed by atoms with Crippen LogP contribution >= 0.6 is 0 Å². The Bertz CT molecular complexity index is 813. The van der Waals surface area contributed by atoms with E-state index < -0.39 is 0 Å². The maximum absolute atomic E-state index is 11.1. The molecule has 0 atom stereocenters. The third kappa shape index (κ3) is 4.81. The monoisotopic (exact) mass is 348 g/mol. The van der Waals surface area contributed by atoms with Crippen LogP contribution in [0.4, 0.5) is 0 Å². The van der Waals surface area contributed by atoms with Gasteiger partial charge in [-0.1, -0.05) is 48.5 Å². The molecule has 0 saturated heterocycles. The summed E-state index contributed by atoms with van der Waals surface area (Å²) in [5.41, 5.74) is 11.1. The van der Waals surface area contributed by atoms with E-state index in [0.29, 0.717) is 18.8 Å². The van der Waals surface area contributed by atoms with E-state index in [2.05, 4.69) is 47.0 Å². The molecule has 26 heavy (non-hydrogen) atoms. The molecule has 1 heterocycles. The van der Waals surface area contributed by atoms with Gasteiger partial charge in [0.05, 0.1) is 5.70 Å².